The van der Waals surface area contributed by atoms with Crippen molar-refractivity contribution >= 4 is 10.9 Å². The van der Waals surface area contributed by atoms with Gasteiger partial charge in [0.05, 0.1) is 6.61 Å². The number of ether oxygens (including phenoxy) is 1. The fraction of sp³-hybridized carbons (Fsp3) is 0.385. The van der Waals surface area contributed by atoms with E-state index >= 15 is 0 Å². The van der Waals surface area contributed by atoms with Gasteiger partial charge in [0.25, 0.3) is 0 Å². The Kier molecular flexibility index (Phi) is 3.76. The van der Waals surface area contributed by atoms with Crippen LogP contribution in [0.15, 0.2) is 18.2 Å². The molecule has 1 heterocycles. The quantitative estimate of drug-likeness (QED) is 0.782. The van der Waals surface area contributed by atoms with Gasteiger partial charge in [0.15, 0.2) is 0 Å². The summed E-state index contributed by atoms with van der Waals surface area (Å²) >= 11 is 0. The zero-order chi connectivity index (χ0) is 12.3. The van der Waals surface area contributed by atoms with Crippen LogP contribution in [-0.4, -0.2) is 25.2 Å². The van der Waals surface area contributed by atoms with Gasteiger partial charge < -0.3 is 15.0 Å². The maximum atomic E-state index is 13.2. The number of fused-ring (bicyclic) bond motifs is 1. The standard InChI is InChI=1S/C13H17FN2O/c1-9-12(8-15-5-6-17-2)11-7-10(14)3-4-13(11)16-9/h3-4,7,15-16H,5-6,8H2,1-2H3. The molecular formula is C13H17FN2O. The number of hydrogen-bond acceptors (Lipinski definition) is 2. The predicted octanol–water partition coefficient (Wildman–Crippen LogP) is 2.35. The number of hydrogen-bond donors (Lipinski definition) is 2. The lowest BCUT2D eigenvalue weighted by Crippen LogP contribution is -2.18. The summed E-state index contributed by atoms with van der Waals surface area (Å²) in [7, 11) is 1.67. The number of nitrogens with one attached hydrogen (secondary N) is 2. The van der Waals surface area contributed by atoms with Crippen molar-refractivity contribution in [2.45, 2.75) is 13.5 Å². The molecule has 0 fully saturated rings. The molecule has 0 amide bonds. The van der Waals surface area contributed by atoms with Crippen LogP contribution in [0.3, 0.4) is 0 Å². The van der Waals surface area contributed by atoms with Crippen LogP contribution in [0.2, 0.25) is 0 Å². The zero-order valence-corrected chi connectivity index (χ0v) is 10.1. The van der Waals surface area contributed by atoms with Crippen molar-refractivity contribution in [3.05, 3.63) is 35.3 Å². The zero-order valence-electron chi connectivity index (χ0n) is 10.1. The third-order valence-corrected chi connectivity index (χ3v) is 2.87. The van der Waals surface area contributed by atoms with Gasteiger partial charge in [-0.25, -0.2) is 4.39 Å². The highest BCUT2D eigenvalue weighted by Crippen LogP contribution is 2.22. The van der Waals surface area contributed by atoms with E-state index in [1.165, 1.54) is 6.07 Å². The molecule has 0 radical (unpaired) electrons. The summed E-state index contributed by atoms with van der Waals surface area (Å²) in [6, 6.07) is 4.82. The molecule has 1 aromatic carbocycles. The lowest BCUT2D eigenvalue weighted by molar-refractivity contribution is 0.199. The number of aromatic nitrogens is 1. The average Bonchev–Trinajstić information content (AvgIpc) is 2.61. The monoisotopic (exact) mass is 236 g/mol. The summed E-state index contributed by atoms with van der Waals surface area (Å²) in [5.41, 5.74) is 3.18. The first-order valence-electron chi connectivity index (χ1n) is 5.68. The summed E-state index contributed by atoms with van der Waals surface area (Å²) in [4.78, 5) is 3.26. The first-order chi connectivity index (χ1) is 8.22. The number of rotatable bonds is 5. The Hall–Kier alpha value is -1.39. The second-order valence-electron chi connectivity index (χ2n) is 4.09. The van der Waals surface area contributed by atoms with E-state index in [2.05, 4.69) is 10.3 Å². The van der Waals surface area contributed by atoms with Crippen molar-refractivity contribution < 1.29 is 9.13 Å². The Balaban J connectivity index is 2.20. The normalized spacial score (nSPS) is 11.2. The van der Waals surface area contributed by atoms with Crippen molar-refractivity contribution in [2.75, 3.05) is 20.3 Å². The summed E-state index contributed by atoms with van der Waals surface area (Å²) in [6.07, 6.45) is 0. The highest BCUT2D eigenvalue weighted by molar-refractivity contribution is 5.84. The van der Waals surface area contributed by atoms with E-state index in [4.69, 9.17) is 4.74 Å². The van der Waals surface area contributed by atoms with Crippen LogP contribution in [0, 0.1) is 12.7 Å². The van der Waals surface area contributed by atoms with Crippen molar-refractivity contribution in [3.63, 3.8) is 0 Å². The molecule has 0 saturated heterocycles. The van der Waals surface area contributed by atoms with Gasteiger partial charge in [-0.2, -0.15) is 0 Å². The molecule has 0 saturated carbocycles. The van der Waals surface area contributed by atoms with Crippen LogP contribution in [0.5, 0.6) is 0 Å². The van der Waals surface area contributed by atoms with E-state index in [0.717, 1.165) is 35.2 Å². The molecule has 2 N–H and O–H groups in total. The summed E-state index contributed by atoms with van der Waals surface area (Å²) in [5.74, 6) is -0.199. The SMILES string of the molecule is COCCNCc1c(C)[nH]c2ccc(F)cc12. The van der Waals surface area contributed by atoms with Gasteiger partial charge in [0.1, 0.15) is 5.82 Å². The molecule has 2 aromatic rings. The molecule has 2 rings (SSSR count). The van der Waals surface area contributed by atoms with Crippen LogP contribution in [-0.2, 0) is 11.3 Å². The number of aromatic amines is 1. The Labute approximate surface area is 100.0 Å². The molecule has 0 aliphatic carbocycles. The second kappa shape index (κ2) is 5.29. The lowest BCUT2D eigenvalue weighted by Gasteiger charge is -2.04. The smallest absolute Gasteiger partial charge is 0.123 e. The van der Waals surface area contributed by atoms with Crippen LogP contribution in [0.1, 0.15) is 11.3 Å². The topological polar surface area (TPSA) is 37.0 Å². The molecular weight excluding hydrogens is 219 g/mol. The Morgan fingerprint density at radius 2 is 2.24 bits per heavy atom. The molecule has 92 valence electrons. The van der Waals surface area contributed by atoms with Gasteiger partial charge in [-0.3, -0.25) is 0 Å². The van der Waals surface area contributed by atoms with Crippen LogP contribution in [0.4, 0.5) is 4.39 Å². The van der Waals surface area contributed by atoms with Gasteiger partial charge in [-0.15, -0.1) is 0 Å². The van der Waals surface area contributed by atoms with Crippen molar-refractivity contribution in [1.82, 2.24) is 10.3 Å². The molecule has 0 unspecified atom stereocenters. The molecule has 4 heteroatoms. The average molecular weight is 236 g/mol. The van der Waals surface area contributed by atoms with E-state index in [1.54, 1.807) is 19.2 Å². The minimum absolute atomic E-state index is 0.199. The maximum Gasteiger partial charge on any atom is 0.123 e. The fourth-order valence-electron chi connectivity index (χ4n) is 1.97. The summed E-state index contributed by atoms with van der Waals surface area (Å²) in [5, 5.41) is 4.23. The summed E-state index contributed by atoms with van der Waals surface area (Å²) < 4.78 is 18.2. The highest BCUT2D eigenvalue weighted by atomic mass is 19.1. The third kappa shape index (κ3) is 2.65. The van der Waals surface area contributed by atoms with E-state index in [9.17, 15) is 4.39 Å². The van der Waals surface area contributed by atoms with E-state index < -0.39 is 0 Å². The lowest BCUT2D eigenvalue weighted by atomic mass is 10.1. The van der Waals surface area contributed by atoms with Gasteiger partial charge in [0, 0.05) is 36.8 Å². The minimum atomic E-state index is -0.199. The highest BCUT2D eigenvalue weighted by Gasteiger charge is 2.08. The molecule has 0 bridgehead atoms. The largest absolute Gasteiger partial charge is 0.383 e. The summed E-state index contributed by atoms with van der Waals surface area (Å²) in [6.45, 7) is 4.19. The van der Waals surface area contributed by atoms with Crippen molar-refractivity contribution in [3.8, 4) is 0 Å². The second-order valence-corrected chi connectivity index (χ2v) is 4.09. The number of halogens is 1. The van der Waals surface area contributed by atoms with E-state index in [-0.39, 0.29) is 5.82 Å². The predicted molar refractivity (Wildman–Crippen MR) is 66.6 cm³/mol. The third-order valence-electron chi connectivity index (χ3n) is 2.87. The molecule has 3 nitrogen and oxygen atoms in total. The molecule has 17 heavy (non-hydrogen) atoms. The van der Waals surface area contributed by atoms with Crippen molar-refractivity contribution in [1.29, 1.82) is 0 Å². The van der Waals surface area contributed by atoms with Crippen molar-refractivity contribution in [2.24, 2.45) is 0 Å². The Morgan fingerprint density at radius 1 is 1.41 bits per heavy atom. The van der Waals surface area contributed by atoms with Crippen LogP contribution in [0.25, 0.3) is 10.9 Å². The molecule has 0 atom stereocenters. The van der Waals surface area contributed by atoms with E-state index in [0.29, 0.717) is 6.61 Å². The minimum Gasteiger partial charge on any atom is -0.383 e. The first-order valence-corrected chi connectivity index (χ1v) is 5.68. The number of H-pyrrole nitrogens is 1. The number of aryl methyl sites for hydroxylation is 1. The first kappa shape index (κ1) is 12.1. The maximum absolute atomic E-state index is 13.2. The van der Waals surface area contributed by atoms with Gasteiger partial charge >= 0.3 is 0 Å². The molecule has 0 aliphatic heterocycles. The molecule has 0 spiro atoms. The van der Waals surface area contributed by atoms with Crippen LogP contribution < -0.4 is 5.32 Å². The van der Waals surface area contributed by atoms with Gasteiger partial charge in [-0.05, 0) is 30.7 Å². The fourth-order valence-corrected chi connectivity index (χ4v) is 1.97. The molecule has 1 aromatic heterocycles. The van der Waals surface area contributed by atoms with Gasteiger partial charge in [-0.1, -0.05) is 0 Å². The number of benzene rings is 1. The molecule has 0 aliphatic rings. The number of methoxy groups -OCH3 is 1. The van der Waals surface area contributed by atoms with Gasteiger partial charge in [0.2, 0.25) is 0 Å². The van der Waals surface area contributed by atoms with E-state index in [1.807, 2.05) is 6.92 Å². The van der Waals surface area contributed by atoms with Crippen LogP contribution >= 0.6 is 0 Å². The Bertz CT molecular complexity index is 507. The Morgan fingerprint density at radius 3 is 3.00 bits per heavy atom.